The van der Waals surface area contributed by atoms with E-state index in [0.717, 1.165) is 44.9 Å². The van der Waals surface area contributed by atoms with Gasteiger partial charge in [-0.15, -0.1) is 0 Å². The van der Waals surface area contributed by atoms with E-state index in [1.807, 2.05) is 6.08 Å². The van der Waals surface area contributed by atoms with Crippen molar-refractivity contribution in [2.75, 3.05) is 13.2 Å². The summed E-state index contributed by atoms with van der Waals surface area (Å²) < 4.78 is 5.48. The molecule has 0 radical (unpaired) electrons. The van der Waals surface area contributed by atoms with Gasteiger partial charge in [0.25, 0.3) is 0 Å². The minimum absolute atomic E-state index is 0.00619. The molecule has 0 saturated carbocycles. The van der Waals surface area contributed by atoms with Crippen molar-refractivity contribution in [3.05, 3.63) is 36.5 Å². The fourth-order valence-electron chi connectivity index (χ4n) is 9.92. The summed E-state index contributed by atoms with van der Waals surface area (Å²) in [4.78, 5) is 24.5. The van der Waals surface area contributed by atoms with E-state index in [-0.39, 0.29) is 18.5 Å². The Morgan fingerprint density at radius 2 is 0.653 bits per heavy atom. The average molecular weight is 1010 g/mol. The number of aliphatic hydroxyl groups is 2. The Morgan fingerprint density at radius 1 is 0.375 bits per heavy atom. The number of rotatable bonds is 60. The number of aliphatic hydroxyl groups excluding tert-OH is 2. The van der Waals surface area contributed by atoms with Gasteiger partial charge in [0.1, 0.15) is 0 Å². The zero-order valence-corrected chi connectivity index (χ0v) is 48.4. The lowest BCUT2D eigenvalue weighted by molar-refractivity contribution is -0.143. The zero-order valence-electron chi connectivity index (χ0n) is 48.4. The Morgan fingerprint density at radius 3 is 0.986 bits per heavy atom. The van der Waals surface area contributed by atoms with Crippen molar-refractivity contribution in [3.8, 4) is 0 Å². The van der Waals surface area contributed by atoms with E-state index in [1.54, 1.807) is 6.08 Å². The Bertz CT molecular complexity index is 1170. The Kier molecular flexibility index (Phi) is 60.0. The van der Waals surface area contributed by atoms with E-state index >= 15 is 0 Å². The molecule has 3 N–H and O–H groups in total. The second-order valence-electron chi connectivity index (χ2n) is 22.1. The minimum Gasteiger partial charge on any atom is -0.466 e. The fourth-order valence-corrected chi connectivity index (χ4v) is 9.92. The lowest BCUT2D eigenvalue weighted by Gasteiger charge is -2.20. The first-order valence-electron chi connectivity index (χ1n) is 32.3. The third kappa shape index (κ3) is 57.4. The van der Waals surface area contributed by atoms with Crippen LogP contribution < -0.4 is 5.32 Å². The van der Waals surface area contributed by atoms with Crippen molar-refractivity contribution in [1.82, 2.24) is 5.32 Å². The second kappa shape index (κ2) is 61.6. The van der Waals surface area contributed by atoms with Crippen LogP contribution in [0.3, 0.4) is 0 Å². The molecule has 0 aliphatic carbocycles. The predicted molar refractivity (Wildman–Crippen MR) is 315 cm³/mol. The van der Waals surface area contributed by atoms with Gasteiger partial charge in [-0.2, -0.15) is 0 Å². The molecule has 6 heteroatoms. The molecule has 2 atom stereocenters. The third-order valence-electron chi connectivity index (χ3n) is 14.9. The van der Waals surface area contributed by atoms with Crippen molar-refractivity contribution in [1.29, 1.82) is 0 Å². The van der Waals surface area contributed by atoms with Gasteiger partial charge in [-0.25, -0.2) is 0 Å². The van der Waals surface area contributed by atoms with Gasteiger partial charge >= 0.3 is 5.97 Å². The average Bonchev–Trinajstić information content (AvgIpc) is 3.38. The Labute approximate surface area is 449 Å². The van der Waals surface area contributed by atoms with Crippen LogP contribution in [0, 0.1) is 0 Å². The van der Waals surface area contributed by atoms with Gasteiger partial charge in [-0.05, 0) is 83.5 Å². The first-order valence-corrected chi connectivity index (χ1v) is 32.3. The molecule has 0 aromatic rings. The van der Waals surface area contributed by atoms with Gasteiger partial charge in [0.05, 0.1) is 25.4 Å². The Hall–Kier alpha value is -1.92. The second-order valence-corrected chi connectivity index (χ2v) is 22.1. The van der Waals surface area contributed by atoms with Crippen molar-refractivity contribution in [2.24, 2.45) is 0 Å². The monoisotopic (exact) mass is 1010 g/mol. The highest BCUT2D eigenvalue weighted by atomic mass is 16.5. The standard InChI is InChI=1S/C66H125NO5/c1-3-5-7-9-11-13-15-17-34-38-42-46-50-54-58-64(69)63(62-68)67-65(70)59-55-51-47-43-39-35-32-30-28-26-24-22-20-19-21-23-25-27-29-31-33-37-41-45-49-53-57-61-72-66(71)60-56-52-48-44-40-36-18-16-14-12-10-8-6-4-2/h16,18-20,54,58,63-64,68-69H,3-15,17,21-53,55-57,59-62H2,1-2H3,(H,67,70)/b18-16-,20-19-,58-54+. The number of amides is 1. The van der Waals surface area contributed by atoms with Crippen LogP contribution in [0.25, 0.3) is 0 Å². The maximum absolute atomic E-state index is 12.5. The number of nitrogens with one attached hydrogen (secondary N) is 1. The van der Waals surface area contributed by atoms with E-state index < -0.39 is 12.1 Å². The van der Waals surface area contributed by atoms with E-state index in [9.17, 15) is 19.8 Å². The smallest absolute Gasteiger partial charge is 0.305 e. The Balaban J connectivity index is 3.40. The van der Waals surface area contributed by atoms with Crippen LogP contribution in [0.5, 0.6) is 0 Å². The largest absolute Gasteiger partial charge is 0.466 e. The van der Waals surface area contributed by atoms with Gasteiger partial charge in [0, 0.05) is 12.8 Å². The van der Waals surface area contributed by atoms with Gasteiger partial charge in [0.15, 0.2) is 0 Å². The third-order valence-corrected chi connectivity index (χ3v) is 14.9. The molecule has 0 spiro atoms. The molecule has 0 aliphatic rings. The summed E-state index contributed by atoms with van der Waals surface area (Å²) in [7, 11) is 0. The molecule has 6 nitrogen and oxygen atoms in total. The highest BCUT2D eigenvalue weighted by Gasteiger charge is 2.18. The summed E-state index contributed by atoms with van der Waals surface area (Å²) in [6, 6.07) is -0.628. The zero-order chi connectivity index (χ0) is 52.2. The molecular formula is C66H125NO5. The van der Waals surface area contributed by atoms with Gasteiger partial charge in [-0.3, -0.25) is 9.59 Å². The first-order chi connectivity index (χ1) is 35.5. The molecule has 424 valence electrons. The number of carbonyl (C=O) groups excluding carboxylic acids is 2. The maximum Gasteiger partial charge on any atom is 0.305 e. The lowest BCUT2D eigenvalue weighted by Crippen LogP contribution is -2.45. The SMILES string of the molecule is CCCCCCC/C=C\CCCCCCCC(=O)OCCCCCCCCCCCCCC/C=C\CCCCCCCCCCCCCC(=O)NC(CO)C(O)/C=C/CCCCCCCCCCCCCC. The molecule has 72 heavy (non-hydrogen) atoms. The number of unbranched alkanes of at least 4 members (excludes halogenated alkanes) is 45. The maximum atomic E-state index is 12.5. The normalized spacial score (nSPS) is 12.8. The summed E-state index contributed by atoms with van der Waals surface area (Å²) in [5.74, 6) is -0.0617. The minimum atomic E-state index is -0.844. The van der Waals surface area contributed by atoms with E-state index in [2.05, 4.69) is 43.5 Å². The van der Waals surface area contributed by atoms with Crippen LogP contribution in [0.15, 0.2) is 36.5 Å². The molecule has 0 aromatic carbocycles. The molecule has 0 saturated heterocycles. The van der Waals surface area contributed by atoms with Crippen molar-refractivity contribution < 1.29 is 24.5 Å². The topological polar surface area (TPSA) is 95.9 Å². The van der Waals surface area contributed by atoms with E-state index in [1.165, 1.54) is 276 Å². The molecule has 2 unspecified atom stereocenters. The number of carbonyl (C=O) groups is 2. The van der Waals surface area contributed by atoms with E-state index in [4.69, 9.17) is 4.74 Å². The van der Waals surface area contributed by atoms with Crippen LogP contribution in [0.2, 0.25) is 0 Å². The van der Waals surface area contributed by atoms with Crippen LogP contribution >= 0.6 is 0 Å². The number of hydrogen-bond donors (Lipinski definition) is 3. The van der Waals surface area contributed by atoms with Crippen molar-refractivity contribution in [3.63, 3.8) is 0 Å². The molecule has 0 bridgehead atoms. The van der Waals surface area contributed by atoms with Gasteiger partial charge in [0.2, 0.25) is 5.91 Å². The molecular weight excluding hydrogens is 887 g/mol. The predicted octanol–water partition coefficient (Wildman–Crippen LogP) is 20.4. The molecule has 0 fully saturated rings. The van der Waals surface area contributed by atoms with E-state index in [0.29, 0.717) is 19.4 Å². The van der Waals surface area contributed by atoms with Crippen molar-refractivity contribution >= 4 is 11.9 Å². The van der Waals surface area contributed by atoms with Crippen LogP contribution in [0.1, 0.15) is 348 Å². The van der Waals surface area contributed by atoms with Crippen LogP contribution in [-0.2, 0) is 14.3 Å². The summed E-state index contributed by atoms with van der Waals surface area (Å²) in [5, 5.41) is 23.1. The quantitative estimate of drug-likeness (QED) is 0.0320. The number of hydrogen-bond acceptors (Lipinski definition) is 5. The summed E-state index contributed by atoms with van der Waals surface area (Å²) >= 11 is 0. The molecule has 0 aromatic heterocycles. The molecule has 0 aliphatic heterocycles. The first kappa shape index (κ1) is 70.1. The summed E-state index contributed by atoms with van der Waals surface area (Å²) in [6.45, 7) is 4.90. The van der Waals surface area contributed by atoms with Crippen LogP contribution in [-0.4, -0.2) is 47.4 Å². The molecule has 1 amide bonds. The summed E-state index contributed by atoms with van der Waals surface area (Å²) in [6.07, 6.45) is 77.7. The highest BCUT2D eigenvalue weighted by molar-refractivity contribution is 5.76. The highest BCUT2D eigenvalue weighted by Crippen LogP contribution is 2.17. The fraction of sp³-hybridized carbons (Fsp3) is 0.879. The lowest BCUT2D eigenvalue weighted by atomic mass is 10.0. The summed E-state index contributed by atoms with van der Waals surface area (Å²) in [5.41, 5.74) is 0. The number of allylic oxidation sites excluding steroid dienone is 5. The van der Waals surface area contributed by atoms with Gasteiger partial charge < -0.3 is 20.3 Å². The van der Waals surface area contributed by atoms with Gasteiger partial charge in [-0.1, -0.05) is 288 Å². The number of ether oxygens (including phenoxy) is 1. The molecule has 0 heterocycles. The molecule has 0 rings (SSSR count). The number of esters is 1. The van der Waals surface area contributed by atoms with Crippen LogP contribution in [0.4, 0.5) is 0 Å². The van der Waals surface area contributed by atoms with Crippen molar-refractivity contribution in [2.45, 2.75) is 360 Å².